The Balaban J connectivity index is 0.000000180. The molecule has 6 unspecified atom stereocenters. The minimum absolute atomic E-state index is 0.00810. The van der Waals surface area contributed by atoms with Crippen molar-refractivity contribution in [3.05, 3.63) is 35.9 Å². The average molecular weight is 429 g/mol. The molecule has 4 N–H and O–H groups in total. The van der Waals surface area contributed by atoms with Crippen molar-refractivity contribution in [3.63, 3.8) is 0 Å². The van der Waals surface area contributed by atoms with Crippen molar-refractivity contribution in [2.75, 3.05) is 13.1 Å². The van der Waals surface area contributed by atoms with Gasteiger partial charge in [-0.15, -0.1) is 0 Å². The van der Waals surface area contributed by atoms with Crippen molar-refractivity contribution >= 4 is 12.1 Å². The summed E-state index contributed by atoms with van der Waals surface area (Å²) in [5, 5.41) is 13.1. The standard InChI is InChI=1S/C18H22O2.C7H14N2O2/c1-16-7-13-8-17(10-16,14-5-3-2-4-6-14)12-18(9-13,11-16)15(19)20;1-5-4-9-3-2-6(5)11-7(8)10/h2-6,13H,7-12H2,1H3,(H,19,20);5-6,9H,2-4H2,1H3,(H2,8,10). The highest BCUT2D eigenvalue weighted by Crippen LogP contribution is 2.70. The lowest BCUT2D eigenvalue weighted by Crippen LogP contribution is -2.60. The van der Waals surface area contributed by atoms with E-state index in [4.69, 9.17) is 10.5 Å². The number of aliphatic carboxylic acids is 1. The van der Waals surface area contributed by atoms with Gasteiger partial charge in [0.15, 0.2) is 0 Å². The van der Waals surface area contributed by atoms with Crippen LogP contribution in [-0.4, -0.2) is 36.4 Å². The van der Waals surface area contributed by atoms with Crippen molar-refractivity contribution < 1.29 is 19.4 Å². The number of hydrogen-bond donors (Lipinski definition) is 3. The summed E-state index contributed by atoms with van der Waals surface area (Å²) in [6.07, 6.45) is 6.47. The Bertz CT molecular complexity index is 830. The van der Waals surface area contributed by atoms with E-state index in [2.05, 4.69) is 42.6 Å². The van der Waals surface area contributed by atoms with Crippen molar-refractivity contribution in [1.82, 2.24) is 5.32 Å². The summed E-state index contributed by atoms with van der Waals surface area (Å²) in [6.45, 7) is 6.17. The minimum Gasteiger partial charge on any atom is -0.481 e. The summed E-state index contributed by atoms with van der Waals surface area (Å²) in [5.74, 6) is 0.428. The van der Waals surface area contributed by atoms with E-state index in [9.17, 15) is 14.7 Å². The van der Waals surface area contributed by atoms with Crippen LogP contribution in [0.1, 0.15) is 64.4 Å². The average Bonchev–Trinajstić information content (AvgIpc) is 2.69. The van der Waals surface area contributed by atoms with Gasteiger partial charge in [0.1, 0.15) is 6.10 Å². The molecule has 6 atom stereocenters. The normalized spacial score (nSPS) is 40.5. The number of carboxylic acids is 1. The van der Waals surface area contributed by atoms with Gasteiger partial charge in [0.25, 0.3) is 0 Å². The van der Waals surface area contributed by atoms with Gasteiger partial charge in [0, 0.05) is 12.5 Å². The Kier molecular flexibility index (Phi) is 5.80. The second kappa shape index (κ2) is 8.12. The fraction of sp³-hybridized carbons (Fsp3) is 0.680. The Labute approximate surface area is 184 Å². The van der Waals surface area contributed by atoms with Crippen LogP contribution in [0, 0.1) is 22.7 Å². The molecule has 4 bridgehead atoms. The Morgan fingerprint density at radius 2 is 1.87 bits per heavy atom. The number of benzene rings is 1. The number of amides is 1. The topological polar surface area (TPSA) is 102 Å². The molecular weight excluding hydrogens is 392 g/mol. The summed E-state index contributed by atoms with van der Waals surface area (Å²) in [6, 6.07) is 10.7. The van der Waals surface area contributed by atoms with Crippen molar-refractivity contribution in [3.8, 4) is 0 Å². The SMILES string of the molecule is CC12CC3CC(C(=O)O)(C1)CC(c1ccccc1)(C3)C2.CC1CNCCC1OC(N)=O. The van der Waals surface area contributed by atoms with E-state index in [0.717, 1.165) is 38.8 Å². The predicted octanol–water partition coefficient (Wildman–Crippen LogP) is 4.08. The third-order valence-electron chi connectivity index (χ3n) is 8.16. The van der Waals surface area contributed by atoms with E-state index in [0.29, 0.717) is 11.8 Å². The number of hydrogen-bond acceptors (Lipinski definition) is 4. The first-order valence-corrected chi connectivity index (χ1v) is 11.6. The summed E-state index contributed by atoms with van der Waals surface area (Å²) in [4.78, 5) is 22.4. The molecule has 1 amide bonds. The highest BCUT2D eigenvalue weighted by molar-refractivity contribution is 5.76. The molecule has 1 aliphatic heterocycles. The first kappa shape index (κ1) is 22.1. The molecule has 5 aliphatic rings. The van der Waals surface area contributed by atoms with Gasteiger partial charge in [-0.05, 0) is 73.8 Å². The van der Waals surface area contributed by atoms with Crippen molar-refractivity contribution in [1.29, 1.82) is 0 Å². The number of piperidine rings is 1. The summed E-state index contributed by atoms with van der Waals surface area (Å²) < 4.78 is 4.90. The number of nitrogens with one attached hydrogen (secondary N) is 1. The molecule has 31 heavy (non-hydrogen) atoms. The maximum Gasteiger partial charge on any atom is 0.404 e. The summed E-state index contributed by atoms with van der Waals surface area (Å²) >= 11 is 0. The van der Waals surface area contributed by atoms with Gasteiger partial charge in [0.2, 0.25) is 0 Å². The molecule has 1 saturated heterocycles. The molecule has 4 saturated carbocycles. The maximum atomic E-state index is 12.0. The number of carbonyl (C=O) groups excluding carboxylic acids is 1. The Morgan fingerprint density at radius 1 is 1.13 bits per heavy atom. The Morgan fingerprint density at radius 3 is 2.48 bits per heavy atom. The van der Waals surface area contributed by atoms with Crippen LogP contribution >= 0.6 is 0 Å². The highest BCUT2D eigenvalue weighted by Gasteiger charge is 2.64. The van der Waals surface area contributed by atoms with Crippen LogP contribution in [0.4, 0.5) is 4.79 Å². The van der Waals surface area contributed by atoms with Gasteiger partial charge in [0.05, 0.1) is 5.41 Å². The van der Waals surface area contributed by atoms with E-state index in [1.54, 1.807) is 0 Å². The molecule has 0 aromatic heterocycles. The van der Waals surface area contributed by atoms with Gasteiger partial charge in [-0.1, -0.05) is 44.2 Å². The molecule has 170 valence electrons. The number of carbonyl (C=O) groups is 2. The van der Waals surface area contributed by atoms with Crippen LogP contribution in [-0.2, 0) is 14.9 Å². The zero-order chi connectivity index (χ0) is 22.3. The number of rotatable bonds is 3. The smallest absolute Gasteiger partial charge is 0.404 e. The molecule has 6 nitrogen and oxygen atoms in total. The highest BCUT2D eigenvalue weighted by atomic mass is 16.6. The van der Waals surface area contributed by atoms with E-state index in [1.807, 2.05) is 6.92 Å². The number of primary amides is 1. The number of ether oxygens (including phenoxy) is 1. The molecule has 1 aromatic rings. The lowest BCUT2D eigenvalue weighted by molar-refractivity contribution is -0.176. The largest absolute Gasteiger partial charge is 0.481 e. The van der Waals surface area contributed by atoms with E-state index < -0.39 is 17.5 Å². The first-order chi connectivity index (χ1) is 14.7. The third kappa shape index (κ3) is 4.32. The van der Waals surface area contributed by atoms with Crippen LogP contribution in [0.5, 0.6) is 0 Å². The number of nitrogens with two attached hydrogens (primary N) is 1. The van der Waals surface area contributed by atoms with Gasteiger partial charge < -0.3 is 20.9 Å². The van der Waals surface area contributed by atoms with Gasteiger partial charge in [-0.25, -0.2) is 4.79 Å². The molecule has 4 aliphatic carbocycles. The van der Waals surface area contributed by atoms with Gasteiger partial charge in [-0.2, -0.15) is 0 Å². The van der Waals surface area contributed by atoms with E-state index in [-0.39, 0.29) is 16.9 Å². The van der Waals surface area contributed by atoms with Gasteiger partial charge >= 0.3 is 12.1 Å². The maximum absolute atomic E-state index is 12.0. The minimum atomic E-state index is -0.663. The van der Waals surface area contributed by atoms with Crippen LogP contribution in [0.3, 0.4) is 0 Å². The lowest BCUT2D eigenvalue weighted by Gasteiger charge is -2.64. The first-order valence-electron chi connectivity index (χ1n) is 11.6. The molecule has 0 spiro atoms. The van der Waals surface area contributed by atoms with Crippen molar-refractivity contribution in [2.45, 2.75) is 70.3 Å². The lowest BCUT2D eigenvalue weighted by atomic mass is 9.39. The quantitative estimate of drug-likeness (QED) is 0.673. The molecule has 0 radical (unpaired) electrons. The van der Waals surface area contributed by atoms with Crippen LogP contribution in [0.2, 0.25) is 0 Å². The zero-order valence-electron chi connectivity index (χ0n) is 18.7. The fourth-order valence-electron chi connectivity index (χ4n) is 7.59. The second-order valence-electron chi connectivity index (χ2n) is 11.0. The monoisotopic (exact) mass is 428 g/mol. The van der Waals surface area contributed by atoms with E-state index >= 15 is 0 Å². The summed E-state index contributed by atoms with van der Waals surface area (Å²) in [7, 11) is 0. The molecule has 6 rings (SSSR count). The Hall–Kier alpha value is -2.08. The molecule has 1 aromatic carbocycles. The van der Waals surface area contributed by atoms with Crippen LogP contribution in [0.15, 0.2) is 30.3 Å². The van der Waals surface area contributed by atoms with E-state index in [1.165, 1.54) is 24.8 Å². The molecule has 5 fully saturated rings. The number of carboxylic acid groups (broad SMARTS) is 1. The molecular formula is C25H36N2O4. The molecule has 1 heterocycles. The third-order valence-corrected chi connectivity index (χ3v) is 8.16. The second-order valence-corrected chi connectivity index (χ2v) is 11.0. The van der Waals surface area contributed by atoms with Gasteiger partial charge in [-0.3, -0.25) is 4.79 Å². The summed E-state index contributed by atoms with van der Waals surface area (Å²) in [5.41, 5.74) is 6.17. The fourth-order valence-corrected chi connectivity index (χ4v) is 7.59. The van der Waals surface area contributed by atoms with Crippen molar-refractivity contribution in [2.24, 2.45) is 28.4 Å². The molecule has 6 heteroatoms. The zero-order valence-corrected chi connectivity index (χ0v) is 18.7. The van der Waals surface area contributed by atoms with Crippen LogP contribution in [0.25, 0.3) is 0 Å². The predicted molar refractivity (Wildman–Crippen MR) is 119 cm³/mol. The van der Waals surface area contributed by atoms with Crippen LogP contribution < -0.4 is 11.1 Å².